The minimum absolute atomic E-state index is 0.00661. The van der Waals surface area contributed by atoms with Gasteiger partial charge in [0.2, 0.25) is 5.91 Å². The van der Waals surface area contributed by atoms with Gasteiger partial charge in [0, 0.05) is 24.7 Å². The lowest BCUT2D eigenvalue weighted by atomic mass is 9.93. The van der Waals surface area contributed by atoms with Crippen molar-refractivity contribution < 1.29 is 14.0 Å². The van der Waals surface area contributed by atoms with Gasteiger partial charge in [-0.3, -0.25) is 9.59 Å². The van der Waals surface area contributed by atoms with Crippen molar-refractivity contribution >= 4 is 28.9 Å². The Morgan fingerprint density at radius 3 is 2.54 bits per heavy atom. The summed E-state index contributed by atoms with van der Waals surface area (Å²) in [6, 6.07) is 10.7. The Hall–Kier alpha value is -2.93. The van der Waals surface area contributed by atoms with Gasteiger partial charge in [-0.25, -0.2) is 8.91 Å². The first-order valence-corrected chi connectivity index (χ1v) is 12.9. The molecule has 1 aromatic carbocycles. The Kier molecular flexibility index (Phi) is 5.75. The van der Waals surface area contributed by atoms with E-state index in [1.807, 2.05) is 23.1 Å². The van der Waals surface area contributed by atoms with Crippen LogP contribution >= 0.6 is 11.6 Å². The van der Waals surface area contributed by atoms with Crippen LogP contribution in [0, 0.1) is 5.82 Å². The van der Waals surface area contributed by atoms with Crippen LogP contribution < -0.4 is 0 Å². The third kappa shape index (κ3) is 4.20. The van der Waals surface area contributed by atoms with E-state index in [0.29, 0.717) is 41.8 Å². The molecule has 3 fully saturated rings. The zero-order valence-electron chi connectivity index (χ0n) is 19.6. The van der Waals surface area contributed by atoms with Gasteiger partial charge in [-0.2, -0.15) is 5.10 Å². The van der Waals surface area contributed by atoms with Crippen LogP contribution in [0.2, 0.25) is 5.02 Å². The lowest BCUT2D eigenvalue weighted by Gasteiger charge is -2.40. The molecule has 6 nitrogen and oxygen atoms in total. The summed E-state index contributed by atoms with van der Waals surface area (Å²) in [6.45, 7) is 1.06. The van der Waals surface area contributed by atoms with Gasteiger partial charge in [0.1, 0.15) is 12.4 Å². The lowest BCUT2D eigenvalue weighted by molar-refractivity contribution is -0.138. The number of hydrogen-bond acceptors (Lipinski definition) is 3. The average Bonchev–Trinajstić information content (AvgIpc) is 3.67. The highest BCUT2D eigenvalue weighted by atomic mass is 35.5. The molecule has 0 bridgehead atoms. The number of halogens is 2. The molecule has 35 heavy (non-hydrogen) atoms. The molecule has 0 unspecified atom stereocenters. The highest BCUT2D eigenvalue weighted by Gasteiger charge is 2.35. The Morgan fingerprint density at radius 2 is 1.83 bits per heavy atom. The number of amides is 2. The van der Waals surface area contributed by atoms with Crippen molar-refractivity contribution in [1.29, 1.82) is 0 Å². The van der Waals surface area contributed by atoms with Crippen LogP contribution in [-0.2, 0) is 4.79 Å². The van der Waals surface area contributed by atoms with Gasteiger partial charge in [0.05, 0.1) is 16.2 Å². The summed E-state index contributed by atoms with van der Waals surface area (Å²) in [7, 11) is 0. The quantitative estimate of drug-likeness (QED) is 0.495. The van der Waals surface area contributed by atoms with Crippen molar-refractivity contribution in [1.82, 2.24) is 19.4 Å². The second-order valence-electron chi connectivity index (χ2n) is 10.0. The Labute approximate surface area is 208 Å². The SMILES string of the molecule is O=C(c1nn2c(-c3cccc(F)c3)cc(C3CC3)cc2c1Cl)N1CCN(C2CCCCC2)C(=O)C1. The number of hydrogen-bond donors (Lipinski definition) is 0. The fourth-order valence-electron chi connectivity index (χ4n) is 5.57. The summed E-state index contributed by atoms with van der Waals surface area (Å²) >= 11 is 6.75. The van der Waals surface area contributed by atoms with Crippen molar-refractivity contribution in [2.45, 2.75) is 56.9 Å². The predicted octanol–water partition coefficient (Wildman–Crippen LogP) is 5.29. The largest absolute Gasteiger partial charge is 0.336 e. The molecule has 1 aliphatic heterocycles. The smallest absolute Gasteiger partial charge is 0.276 e. The number of pyridine rings is 1. The van der Waals surface area contributed by atoms with Crippen molar-refractivity contribution in [2.24, 2.45) is 0 Å². The molecular formula is C27H28ClFN4O2. The number of piperazine rings is 1. The maximum Gasteiger partial charge on any atom is 0.276 e. The highest BCUT2D eigenvalue weighted by molar-refractivity contribution is 6.37. The molecule has 182 valence electrons. The monoisotopic (exact) mass is 494 g/mol. The van der Waals surface area contributed by atoms with E-state index < -0.39 is 0 Å². The maximum absolute atomic E-state index is 14.0. The van der Waals surface area contributed by atoms with Crippen LogP contribution in [0.15, 0.2) is 36.4 Å². The first kappa shape index (κ1) is 22.5. The van der Waals surface area contributed by atoms with Gasteiger partial charge in [-0.15, -0.1) is 0 Å². The van der Waals surface area contributed by atoms with Crippen LogP contribution in [0.25, 0.3) is 16.8 Å². The Morgan fingerprint density at radius 1 is 1.03 bits per heavy atom. The van der Waals surface area contributed by atoms with E-state index >= 15 is 0 Å². The van der Waals surface area contributed by atoms with E-state index in [2.05, 4.69) is 5.10 Å². The molecule has 0 atom stereocenters. The first-order chi connectivity index (χ1) is 17.0. The summed E-state index contributed by atoms with van der Waals surface area (Å²) in [5.41, 5.74) is 3.26. The van der Waals surface area contributed by atoms with E-state index in [4.69, 9.17) is 11.6 Å². The molecular weight excluding hydrogens is 467 g/mol. The van der Waals surface area contributed by atoms with Crippen LogP contribution in [0.3, 0.4) is 0 Å². The molecule has 2 aromatic heterocycles. The molecule has 0 N–H and O–H groups in total. The van der Waals surface area contributed by atoms with Crippen molar-refractivity contribution in [2.75, 3.05) is 19.6 Å². The number of fused-ring (bicyclic) bond motifs is 1. The predicted molar refractivity (Wildman–Crippen MR) is 132 cm³/mol. The first-order valence-electron chi connectivity index (χ1n) is 12.6. The number of nitrogens with zero attached hydrogens (tertiary/aromatic N) is 4. The molecule has 2 amide bonds. The van der Waals surface area contributed by atoms with E-state index in [0.717, 1.165) is 44.1 Å². The average molecular weight is 495 g/mol. The fraction of sp³-hybridized carbons (Fsp3) is 0.444. The molecule has 3 aliphatic rings. The van der Waals surface area contributed by atoms with Gasteiger partial charge < -0.3 is 9.80 Å². The summed E-state index contributed by atoms with van der Waals surface area (Å²) < 4.78 is 15.7. The van der Waals surface area contributed by atoms with Crippen molar-refractivity contribution in [3.8, 4) is 11.3 Å². The number of carbonyl (C=O) groups is 2. The summed E-state index contributed by atoms with van der Waals surface area (Å²) in [5, 5.41) is 4.87. The summed E-state index contributed by atoms with van der Waals surface area (Å²) in [5.74, 6) is -0.236. The standard InChI is InChI=1S/C27H28ClFN4O2/c28-25-23-15-19(17-9-10-17)14-22(18-5-4-6-20(29)13-18)33(23)30-26(25)27(35)31-11-12-32(24(34)16-31)21-7-2-1-3-8-21/h4-6,13-15,17,21H,1-3,7-12,16H2. The second-order valence-corrected chi connectivity index (χ2v) is 10.4. The van der Waals surface area contributed by atoms with Crippen molar-refractivity contribution in [3.05, 3.63) is 58.5 Å². The van der Waals surface area contributed by atoms with E-state index in [1.165, 1.54) is 18.6 Å². The van der Waals surface area contributed by atoms with Crippen LogP contribution in [-0.4, -0.2) is 56.9 Å². The summed E-state index contributed by atoms with van der Waals surface area (Å²) in [4.78, 5) is 29.9. The molecule has 2 saturated carbocycles. The number of benzene rings is 1. The molecule has 0 radical (unpaired) electrons. The van der Waals surface area contributed by atoms with Crippen LogP contribution in [0.1, 0.15) is 66.9 Å². The maximum atomic E-state index is 14.0. The highest BCUT2D eigenvalue weighted by Crippen LogP contribution is 2.43. The molecule has 1 saturated heterocycles. The molecule has 8 heteroatoms. The Bertz CT molecular complexity index is 1310. The summed E-state index contributed by atoms with van der Waals surface area (Å²) in [6.07, 6.45) is 7.84. The number of aromatic nitrogens is 2. The second kappa shape index (κ2) is 8.94. The Balaban J connectivity index is 1.33. The number of rotatable bonds is 4. The molecule has 2 aliphatic carbocycles. The fourth-order valence-corrected chi connectivity index (χ4v) is 5.82. The molecule has 3 aromatic rings. The lowest BCUT2D eigenvalue weighted by Crippen LogP contribution is -2.55. The van der Waals surface area contributed by atoms with E-state index in [1.54, 1.807) is 15.5 Å². The minimum atomic E-state index is -0.339. The molecule has 6 rings (SSSR count). The zero-order chi connectivity index (χ0) is 24.1. The van der Waals surface area contributed by atoms with Gasteiger partial charge in [0.15, 0.2) is 5.69 Å². The van der Waals surface area contributed by atoms with E-state index in [9.17, 15) is 14.0 Å². The van der Waals surface area contributed by atoms with Gasteiger partial charge in [-0.1, -0.05) is 43.0 Å². The topological polar surface area (TPSA) is 57.9 Å². The van der Waals surface area contributed by atoms with Crippen LogP contribution in [0.5, 0.6) is 0 Å². The minimum Gasteiger partial charge on any atom is -0.336 e. The third-order valence-corrected chi connectivity index (χ3v) is 8.00. The van der Waals surface area contributed by atoms with Crippen molar-refractivity contribution in [3.63, 3.8) is 0 Å². The zero-order valence-corrected chi connectivity index (χ0v) is 20.3. The van der Waals surface area contributed by atoms with E-state index in [-0.39, 0.29) is 34.9 Å². The van der Waals surface area contributed by atoms with Crippen LogP contribution in [0.4, 0.5) is 4.39 Å². The molecule has 0 spiro atoms. The van der Waals surface area contributed by atoms with Gasteiger partial charge in [-0.05, 0) is 61.4 Å². The molecule has 3 heterocycles. The normalized spacial score (nSPS) is 19.5. The van der Waals surface area contributed by atoms with Gasteiger partial charge in [0.25, 0.3) is 5.91 Å². The van der Waals surface area contributed by atoms with Gasteiger partial charge >= 0.3 is 0 Å². The third-order valence-electron chi connectivity index (χ3n) is 7.63. The number of carbonyl (C=O) groups excluding carboxylic acids is 2.